The number of fused-ring (bicyclic) bond motifs is 4. The number of ether oxygens (including phenoxy) is 6. The van der Waals surface area contributed by atoms with Crippen molar-refractivity contribution in [1.29, 1.82) is 0 Å². The number of benzene rings is 2. The SMILES string of the molecule is COC(OC)c1ccc([C@H]2C[C@@]3(C)C(CC[C@@]3(O)c3ccc(C(OC)OC)cc3)C3CC[C@@]4(O)CC(OC)(OC)CCC4=C32)cc1. The molecule has 2 N–H and O–H groups in total. The molecule has 2 aromatic carbocycles. The summed E-state index contributed by atoms with van der Waals surface area (Å²) in [6.45, 7) is 2.31. The lowest BCUT2D eigenvalue weighted by atomic mass is 9.49. The number of allylic oxidation sites excluding steroid dienone is 1. The first-order valence-electron chi connectivity index (χ1n) is 16.7. The third-order valence-corrected chi connectivity index (χ3v) is 12.4. The van der Waals surface area contributed by atoms with Crippen molar-refractivity contribution in [2.75, 3.05) is 42.7 Å². The van der Waals surface area contributed by atoms with Crippen LogP contribution in [0, 0.1) is 17.3 Å². The maximum absolute atomic E-state index is 12.8. The highest BCUT2D eigenvalue weighted by molar-refractivity contribution is 5.45. The van der Waals surface area contributed by atoms with Gasteiger partial charge in [0.25, 0.3) is 0 Å². The molecule has 4 aliphatic rings. The molecule has 3 fully saturated rings. The van der Waals surface area contributed by atoms with Crippen LogP contribution in [0.3, 0.4) is 0 Å². The molecule has 6 atom stereocenters. The molecule has 3 saturated carbocycles. The van der Waals surface area contributed by atoms with Gasteiger partial charge in [-0.15, -0.1) is 0 Å². The van der Waals surface area contributed by atoms with Crippen LogP contribution in [0.25, 0.3) is 0 Å². The zero-order chi connectivity index (χ0) is 32.9. The van der Waals surface area contributed by atoms with Crippen LogP contribution < -0.4 is 0 Å². The Morgan fingerprint density at radius 3 is 1.83 bits per heavy atom. The first-order chi connectivity index (χ1) is 22.1. The Morgan fingerprint density at radius 1 is 0.717 bits per heavy atom. The van der Waals surface area contributed by atoms with E-state index in [0.29, 0.717) is 25.7 Å². The van der Waals surface area contributed by atoms with Crippen LogP contribution >= 0.6 is 0 Å². The molecule has 0 radical (unpaired) electrons. The van der Waals surface area contributed by atoms with E-state index in [1.165, 1.54) is 16.7 Å². The maximum atomic E-state index is 12.8. The summed E-state index contributed by atoms with van der Waals surface area (Å²) in [4.78, 5) is 0. The van der Waals surface area contributed by atoms with Gasteiger partial charge in [-0.2, -0.15) is 0 Å². The van der Waals surface area contributed by atoms with Crippen LogP contribution in [0.1, 0.15) is 99.0 Å². The summed E-state index contributed by atoms with van der Waals surface area (Å²) >= 11 is 0. The van der Waals surface area contributed by atoms with Gasteiger partial charge in [0.2, 0.25) is 0 Å². The summed E-state index contributed by atoms with van der Waals surface area (Å²) in [5, 5.41) is 25.2. The van der Waals surface area contributed by atoms with E-state index in [2.05, 4.69) is 43.3 Å². The lowest BCUT2D eigenvalue weighted by molar-refractivity contribution is -0.246. The van der Waals surface area contributed by atoms with Crippen LogP contribution in [0.15, 0.2) is 59.7 Å². The second kappa shape index (κ2) is 12.7. The Kier molecular flexibility index (Phi) is 9.33. The number of hydrogen-bond donors (Lipinski definition) is 2. The van der Waals surface area contributed by atoms with E-state index in [0.717, 1.165) is 42.4 Å². The standard InChI is InChI=1S/C38H52O8/c1-35-22-29(24-8-10-25(11-9-24)33(41-2)42-3)32-28(16-19-36(39)23-37(45-6,46-7)20-17-31(32)36)30(35)18-21-38(35,40)27-14-12-26(13-15-27)34(43-4)44-5/h8-15,28-30,33-34,39-40H,16-23H2,1-7H3/t28?,29-,30?,35+,36-,38-/m1/s1. The lowest BCUT2D eigenvalue weighted by Crippen LogP contribution is -2.55. The van der Waals surface area contributed by atoms with Crippen molar-refractivity contribution in [3.63, 3.8) is 0 Å². The number of rotatable bonds is 10. The summed E-state index contributed by atoms with van der Waals surface area (Å²) in [5.41, 5.74) is 4.18. The second-order valence-electron chi connectivity index (χ2n) is 14.2. The zero-order valence-corrected chi connectivity index (χ0v) is 28.5. The minimum Gasteiger partial charge on any atom is -0.385 e. The summed E-state index contributed by atoms with van der Waals surface area (Å²) in [6, 6.07) is 16.7. The summed E-state index contributed by atoms with van der Waals surface area (Å²) in [7, 11) is 9.91. The van der Waals surface area contributed by atoms with Crippen molar-refractivity contribution in [2.24, 2.45) is 17.3 Å². The molecule has 2 aromatic rings. The van der Waals surface area contributed by atoms with Gasteiger partial charge in [0.15, 0.2) is 18.4 Å². The van der Waals surface area contributed by atoms with Gasteiger partial charge in [-0.05, 0) is 67.1 Å². The van der Waals surface area contributed by atoms with Gasteiger partial charge in [-0.1, -0.05) is 61.0 Å². The fourth-order valence-electron chi connectivity index (χ4n) is 10.0. The van der Waals surface area contributed by atoms with Crippen LogP contribution in [-0.4, -0.2) is 64.3 Å². The van der Waals surface area contributed by atoms with Crippen molar-refractivity contribution < 1.29 is 38.6 Å². The van der Waals surface area contributed by atoms with Gasteiger partial charge >= 0.3 is 0 Å². The van der Waals surface area contributed by atoms with Crippen LogP contribution in [-0.2, 0) is 34.0 Å². The van der Waals surface area contributed by atoms with Crippen LogP contribution in [0.5, 0.6) is 0 Å². The van der Waals surface area contributed by atoms with Crippen LogP contribution in [0.2, 0.25) is 0 Å². The van der Waals surface area contributed by atoms with Crippen molar-refractivity contribution >= 4 is 0 Å². The van der Waals surface area contributed by atoms with Gasteiger partial charge in [-0.25, -0.2) is 0 Å². The fourth-order valence-corrected chi connectivity index (χ4v) is 10.0. The Balaban J connectivity index is 1.45. The quantitative estimate of drug-likeness (QED) is 0.221. The maximum Gasteiger partial charge on any atom is 0.183 e. The van der Waals surface area contributed by atoms with E-state index in [-0.39, 0.29) is 23.2 Å². The smallest absolute Gasteiger partial charge is 0.183 e. The van der Waals surface area contributed by atoms with Gasteiger partial charge in [0, 0.05) is 78.0 Å². The molecule has 0 heterocycles. The number of methoxy groups -OCH3 is 6. The first-order valence-corrected chi connectivity index (χ1v) is 16.7. The Hall–Kier alpha value is -2.14. The predicted molar refractivity (Wildman–Crippen MR) is 174 cm³/mol. The highest BCUT2D eigenvalue weighted by atomic mass is 16.7. The molecule has 0 amide bonds. The lowest BCUT2D eigenvalue weighted by Gasteiger charge is -2.58. The van der Waals surface area contributed by atoms with E-state index < -0.39 is 29.6 Å². The Labute approximate surface area is 274 Å². The van der Waals surface area contributed by atoms with Crippen molar-refractivity contribution in [1.82, 2.24) is 0 Å². The molecule has 0 aliphatic heterocycles. The minimum atomic E-state index is -1.00. The van der Waals surface area contributed by atoms with Gasteiger partial charge < -0.3 is 38.6 Å². The third kappa shape index (κ3) is 5.21. The summed E-state index contributed by atoms with van der Waals surface area (Å²) in [6.07, 6.45) is 4.89. The van der Waals surface area contributed by atoms with Crippen molar-refractivity contribution in [3.8, 4) is 0 Å². The Morgan fingerprint density at radius 2 is 1.28 bits per heavy atom. The molecule has 0 spiro atoms. The molecule has 2 unspecified atom stereocenters. The zero-order valence-electron chi connectivity index (χ0n) is 28.5. The molecule has 0 saturated heterocycles. The molecule has 0 aromatic heterocycles. The highest BCUT2D eigenvalue weighted by Crippen LogP contribution is 2.70. The summed E-state index contributed by atoms with van der Waals surface area (Å²) in [5.74, 6) is -0.195. The summed E-state index contributed by atoms with van der Waals surface area (Å²) < 4.78 is 33.8. The molecule has 252 valence electrons. The number of hydrogen-bond acceptors (Lipinski definition) is 8. The molecule has 8 nitrogen and oxygen atoms in total. The largest absolute Gasteiger partial charge is 0.385 e. The topological polar surface area (TPSA) is 95.8 Å². The minimum absolute atomic E-state index is 0.0403. The van der Waals surface area contributed by atoms with Gasteiger partial charge in [0.1, 0.15) is 0 Å². The van der Waals surface area contributed by atoms with Crippen LogP contribution in [0.4, 0.5) is 0 Å². The molecular formula is C38H52O8. The normalized spacial score (nSPS) is 33.7. The van der Waals surface area contributed by atoms with Crippen molar-refractivity contribution in [3.05, 3.63) is 81.9 Å². The van der Waals surface area contributed by atoms with E-state index in [1.54, 1.807) is 42.7 Å². The van der Waals surface area contributed by atoms with Gasteiger partial charge in [-0.3, -0.25) is 0 Å². The first kappa shape index (κ1) is 33.7. The molecule has 8 heteroatoms. The average Bonchev–Trinajstić information content (AvgIpc) is 3.36. The highest BCUT2D eigenvalue weighted by Gasteiger charge is 2.65. The molecule has 6 rings (SSSR count). The monoisotopic (exact) mass is 636 g/mol. The van der Waals surface area contributed by atoms with E-state index in [9.17, 15) is 10.2 Å². The van der Waals surface area contributed by atoms with Gasteiger partial charge in [0.05, 0.1) is 11.2 Å². The predicted octanol–water partition coefficient (Wildman–Crippen LogP) is 6.67. The average molecular weight is 637 g/mol. The molecule has 0 bridgehead atoms. The van der Waals surface area contributed by atoms with Crippen molar-refractivity contribution in [2.45, 2.75) is 93.8 Å². The second-order valence-corrected chi connectivity index (χ2v) is 14.2. The van der Waals surface area contributed by atoms with E-state index >= 15 is 0 Å². The molecule has 46 heavy (non-hydrogen) atoms. The fraction of sp³-hybridized carbons (Fsp3) is 0.632. The Bertz CT molecular complexity index is 1390. The number of aliphatic hydroxyl groups is 2. The van der Waals surface area contributed by atoms with E-state index in [1.807, 2.05) is 12.1 Å². The third-order valence-electron chi connectivity index (χ3n) is 12.4. The van der Waals surface area contributed by atoms with E-state index in [4.69, 9.17) is 28.4 Å². The molecule has 4 aliphatic carbocycles. The molecular weight excluding hydrogens is 584 g/mol.